The van der Waals surface area contributed by atoms with Gasteiger partial charge in [0, 0.05) is 63.3 Å². The number of pyridine rings is 1. The monoisotopic (exact) mass is 600 g/mol. The summed E-state index contributed by atoms with van der Waals surface area (Å²) in [4.78, 5) is 21.3. The number of fused-ring (bicyclic) bond motifs is 1. The van der Waals surface area contributed by atoms with Gasteiger partial charge in [0.1, 0.15) is 0 Å². The van der Waals surface area contributed by atoms with Gasteiger partial charge in [0.15, 0.2) is 0 Å². The summed E-state index contributed by atoms with van der Waals surface area (Å²) in [7, 11) is 0. The number of amides is 1. The Balaban J connectivity index is 1.38. The van der Waals surface area contributed by atoms with Crippen molar-refractivity contribution in [2.75, 3.05) is 32.7 Å². The number of nitrogens with one attached hydrogen (secondary N) is 1. The maximum Gasteiger partial charge on any atom is 0.416 e. The lowest BCUT2D eigenvalue weighted by Gasteiger charge is -2.42. The molecule has 5 rings (SSSR count). The van der Waals surface area contributed by atoms with Gasteiger partial charge in [-0.3, -0.25) is 14.7 Å². The summed E-state index contributed by atoms with van der Waals surface area (Å²) < 4.78 is 81.2. The number of hydrogen-bond acceptors (Lipinski definition) is 4. The summed E-state index contributed by atoms with van der Waals surface area (Å²) in [6.45, 7) is 2.94. The normalized spacial score (nSPS) is 16.5. The summed E-state index contributed by atoms with van der Waals surface area (Å²) >= 11 is 0. The molecule has 0 aliphatic carbocycles. The number of carbonyl (C=O) groups is 1. The summed E-state index contributed by atoms with van der Waals surface area (Å²) in [6, 6.07) is 18.1. The molecule has 1 amide bonds. The Morgan fingerprint density at radius 1 is 0.837 bits per heavy atom. The predicted molar refractivity (Wildman–Crippen MR) is 151 cm³/mol. The predicted octanol–water partition coefficient (Wildman–Crippen LogP) is 6.43. The third-order valence-corrected chi connectivity index (χ3v) is 7.60. The van der Waals surface area contributed by atoms with E-state index in [1.54, 1.807) is 12.4 Å². The van der Waals surface area contributed by atoms with Crippen LogP contribution in [0.1, 0.15) is 32.6 Å². The molecule has 2 heterocycles. The van der Waals surface area contributed by atoms with E-state index in [9.17, 15) is 31.1 Å². The molecule has 0 bridgehead atoms. The van der Waals surface area contributed by atoms with Gasteiger partial charge in [-0.05, 0) is 52.6 Å². The molecule has 11 heteroatoms. The summed E-state index contributed by atoms with van der Waals surface area (Å²) in [5, 5.41) is 5.39. The molecule has 1 aromatic heterocycles. The zero-order chi connectivity index (χ0) is 30.6. The Bertz CT molecular complexity index is 1530. The number of alkyl halides is 6. The molecule has 5 nitrogen and oxygen atoms in total. The van der Waals surface area contributed by atoms with Gasteiger partial charge in [0.05, 0.1) is 11.1 Å². The van der Waals surface area contributed by atoms with Crippen molar-refractivity contribution in [3.63, 3.8) is 0 Å². The number of piperazine rings is 1. The van der Waals surface area contributed by atoms with Crippen molar-refractivity contribution in [1.29, 1.82) is 0 Å². The highest BCUT2D eigenvalue weighted by molar-refractivity contribution is 5.95. The van der Waals surface area contributed by atoms with Gasteiger partial charge in [-0.15, -0.1) is 0 Å². The third kappa shape index (κ3) is 7.71. The molecule has 1 unspecified atom stereocenters. The van der Waals surface area contributed by atoms with Crippen LogP contribution in [0.5, 0.6) is 0 Å². The third-order valence-electron chi connectivity index (χ3n) is 7.60. The van der Waals surface area contributed by atoms with Gasteiger partial charge < -0.3 is 10.2 Å². The highest BCUT2D eigenvalue weighted by Crippen LogP contribution is 2.37. The van der Waals surface area contributed by atoms with Crippen LogP contribution in [0.3, 0.4) is 0 Å². The van der Waals surface area contributed by atoms with Crippen molar-refractivity contribution >= 4 is 16.7 Å². The van der Waals surface area contributed by atoms with Crippen molar-refractivity contribution < 1.29 is 31.1 Å². The summed E-state index contributed by atoms with van der Waals surface area (Å²) in [6.07, 6.45) is -6.22. The van der Waals surface area contributed by atoms with E-state index in [-0.39, 0.29) is 12.6 Å². The molecule has 1 aliphatic heterocycles. The van der Waals surface area contributed by atoms with E-state index in [1.165, 1.54) is 4.90 Å². The number of aromatic nitrogens is 1. The molecule has 1 atom stereocenters. The van der Waals surface area contributed by atoms with Gasteiger partial charge in [0.25, 0.3) is 5.91 Å². The topological polar surface area (TPSA) is 48.5 Å². The van der Waals surface area contributed by atoms with Crippen molar-refractivity contribution in [3.8, 4) is 0 Å². The van der Waals surface area contributed by atoms with E-state index in [0.29, 0.717) is 51.3 Å². The Morgan fingerprint density at radius 3 is 2.23 bits per heavy atom. The molecular weight excluding hydrogens is 570 g/mol. The van der Waals surface area contributed by atoms with E-state index in [4.69, 9.17) is 0 Å². The van der Waals surface area contributed by atoms with Gasteiger partial charge >= 0.3 is 12.4 Å². The van der Waals surface area contributed by atoms with Crippen LogP contribution in [-0.2, 0) is 25.3 Å². The first kappa shape index (κ1) is 30.5. The first-order valence-electron chi connectivity index (χ1n) is 13.9. The minimum atomic E-state index is -5.04. The minimum Gasteiger partial charge on any atom is -0.333 e. The summed E-state index contributed by atoms with van der Waals surface area (Å²) in [5.74, 6) is -0.850. The van der Waals surface area contributed by atoms with Crippen LogP contribution >= 0.6 is 0 Å². The quantitative estimate of drug-likeness (QED) is 0.187. The maximum absolute atomic E-state index is 13.6. The molecule has 1 aliphatic rings. The largest absolute Gasteiger partial charge is 0.416 e. The molecule has 0 spiro atoms. The fourth-order valence-electron chi connectivity index (χ4n) is 5.42. The first-order valence-corrected chi connectivity index (χ1v) is 13.9. The first-order chi connectivity index (χ1) is 20.5. The number of carbonyl (C=O) groups excluding carboxylic acids is 1. The maximum atomic E-state index is 13.6. The average Bonchev–Trinajstić information content (AvgIpc) is 2.98. The van der Waals surface area contributed by atoms with E-state index in [2.05, 4.69) is 15.2 Å². The number of benzene rings is 3. The van der Waals surface area contributed by atoms with Gasteiger partial charge in [0.2, 0.25) is 0 Å². The molecule has 43 heavy (non-hydrogen) atoms. The zero-order valence-electron chi connectivity index (χ0n) is 23.1. The lowest BCUT2D eigenvalue weighted by Crippen LogP contribution is -2.56. The number of rotatable bonds is 8. The van der Waals surface area contributed by atoms with Crippen LogP contribution in [0, 0.1) is 0 Å². The van der Waals surface area contributed by atoms with Crippen molar-refractivity contribution in [2.45, 2.75) is 31.4 Å². The standard InChI is InChI=1S/C32H30F6N4O/c33-31(34,35)27-16-26(17-28(18-27)32(36,37)38)30(43)42-13-12-41(11-10-40-20-23-4-3-9-39-19-23)21-29(42)15-22-7-8-24-5-1-2-6-25(24)14-22/h1-9,14,16-19,29,40H,10-13,15,20-21H2. The number of hydrogen-bond donors (Lipinski definition) is 1. The van der Waals surface area contributed by atoms with Gasteiger partial charge in [-0.2, -0.15) is 26.3 Å². The highest BCUT2D eigenvalue weighted by atomic mass is 19.4. The molecule has 3 aromatic carbocycles. The zero-order valence-corrected chi connectivity index (χ0v) is 23.1. The fourth-order valence-corrected chi connectivity index (χ4v) is 5.42. The lowest BCUT2D eigenvalue weighted by molar-refractivity contribution is -0.143. The van der Waals surface area contributed by atoms with Crippen LogP contribution in [0.4, 0.5) is 26.3 Å². The van der Waals surface area contributed by atoms with Crippen LogP contribution in [-0.4, -0.2) is 59.5 Å². The van der Waals surface area contributed by atoms with Gasteiger partial charge in [-0.1, -0.05) is 48.5 Å². The summed E-state index contributed by atoms with van der Waals surface area (Å²) in [5.41, 5.74) is -1.69. The Morgan fingerprint density at radius 2 is 1.56 bits per heavy atom. The second kappa shape index (κ2) is 12.7. The van der Waals surface area contributed by atoms with Crippen molar-refractivity contribution in [3.05, 3.63) is 113 Å². The van der Waals surface area contributed by atoms with E-state index in [1.807, 2.05) is 54.6 Å². The second-order valence-corrected chi connectivity index (χ2v) is 10.7. The SMILES string of the molecule is O=C(c1cc(C(F)(F)F)cc(C(F)(F)F)c1)N1CCN(CCNCc2cccnc2)CC1Cc1ccc2ccccc2c1. The molecule has 4 aromatic rings. The van der Waals surface area contributed by atoms with E-state index >= 15 is 0 Å². The molecule has 226 valence electrons. The van der Waals surface area contributed by atoms with Crippen molar-refractivity contribution in [2.24, 2.45) is 0 Å². The Kier molecular flexibility index (Phi) is 9.03. The van der Waals surface area contributed by atoms with Crippen molar-refractivity contribution in [1.82, 2.24) is 20.1 Å². The number of nitrogens with zero attached hydrogens (tertiary/aromatic N) is 3. The average molecular weight is 601 g/mol. The molecular formula is C32H30F6N4O. The smallest absolute Gasteiger partial charge is 0.333 e. The molecule has 0 radical (unpaired) electrons. The molecule has 1 N–H and O–H groups in total. The molecule has 1 saturated heterocycles. The Hall–Kier alpha value is -3.96. The Labute approximate surface area is 245 Å². The molecule has 1 fully saturated rings. The van der Waals surface area contributed by atoms with Crippen LogP contribution in [0.15, 0.2) is 85.2 Å². The van der Waals surface area contributed by atoms with Gasteiger partial charge in [-0.25, -0.2) is 0 Å². The van der Waals surface area contributed by atoms with Crippen LogP contribution < -0.4 is 5.32 Å². The van der Waals surface area contributed by atoms with E-state index < -0.39 is 41.0 Å². The fraction of sp³-hybridized carbons (Fsp3) is 0.312. The number of halogens is 6. The van der Waals surface area contributed by atoms with E-state index in [0.717, 1.165) is 21.9 Å². The minimum absolute atomic E-state index is 0.0415. The van der Waals surface area contributed by atoms with Crippen LogP contribution in [0.25, 0.3) is 10.8 Å². The molecule has 0 saturated carbocycles. The second-order valence-electron chi connectivity index (χ2n) is 10.7. The highest BCUT2D eigenvalue weighted by Gasteiger charge is 2.39. The lowest BCUT2D eigenvalue weighted by atomic mass is 9.97. The van der Waals surface area contributed by atoms with Crippen LogP contribution in [0.2, 0.25) is 0 Å².